The summed E-state index contributed by atoms with van der Waals surface area (Å²) in [6.07, 6.45) is 2.51. The van der Waals surface area contributed by atoms with Crippen LogP contribution in [0.15, 0.2) is 29.9 Å². The zero-order valence-electron chi connectivity index (χ0n) is 8.14. The first-order valence-electron chi connectivity index (χ1n) is 4.51. The normalized spacial score (nSPS) is 12.7. The van der Waals surface area contributed by atoms with Gasteiger partial charge in [-0.05, 0) is 30.0 Å². The average Bonchev–Trinajstić information content (AvgIpc) is 2.64. The molecule has 0 aliphatic rings. The summed E-state index contributed by atoms with van der Waals surface area (Å²) in [7, 11) is 0. The van der Waals surface area contributed by atoms with Crippen LogP contribution >= 0.6 is 22.9 Å². The van der Waals surface area contributed by atoms with Crippen molar-refractivity contribution in [2.75, 3.05) is 0 Å². The third kappa shape index (κ3) is 2.04. The molecule has 0 aliphatic heterocycles. The summed E-state index contributed by atoms with van der Waals surface area (Å²) in [6.45, 7) is 1.98. The van der Waals surface area contributed by atoms with E-state index in [-0.39, 0.29) is 0 Å². The Bertz CT molecular complexity index is 469. The van der Waals surface area contributed by atoms with E-state index in [1.165, 1.54) is 0 Å². The lowest BCUT2D eigenvalue weighted by molar-refractivity contribution is 0.220. The number of hydrogen-bond acceptors (Lipinski definition) is 3. The summed E-state index contributed by atoms with van der Waals surface area (Å²) in [6, 6.07) is 3.66. The number of aryl methyl sites for hydroxylation is 1. The molecular weight excluding hydrogens is 230 g/mol. The van der Waals surface area contributed by atoms with Gasteiger partial charge in [-0.2, -0.15) is 0 Å². The molecule has 1 atom stereocenters. The van der Waals surface area contributed by atoms with Crippen LogP contribution in [-0.4, -0.2) is 10.1 Å². The molecule has 2 aromatic rings. The summed E-state index contributed by atoms with van der Waals surface area (Å²) in [5.74, 6) is 0. The van der Waals surface area contributed by atoms with E-state index in [0.717, 1.165) is 10.4 Å². The third-order valence-electron chi connectivity index (χ3n) is 2.29. The van der Waals surface area contributed by atoms with Crippen molar-refractivity contribution in [1.82, 2.24) is 4.98 Å². The number of hydrogen-bond donors (Lipinski definition) is 1. The average molecular weight is 240 g/mol. The van der Waals surface area contributed by atoms with Gasteiger partial charge in [-0.25, -0.2) is 0 Å². The van der Waals surface area contributed by atoms with Gasteiger partial charge in [0.1, 0.15) is 6.10 Å². The summed E-state index contributed by atoms with van der Waals surface area (Å²) < 4.78 is 0. The van der Waals surface area contributed by atoms with E-state index >= 15 is 0 Å². The minimum atomic E-state index is -0.660. The lowest BCUT2D eigenvalue weighted by Gasteiger charge is -2.11. The van der Waals surface area contributed by atoms with E-state index in [0.29, 0.717) is 10.6 Å². The molecular formula is C11H10ClNOS. The van der Waals surface area contributed by atoms with Crippen molar-refractivity contribution in [2.45, 2.75) is 13.0 Å². The first kappa shape index (κ1) is 10.6. The van der Waals surface area contributed by atoms with Crippen LogP contribution in [-0.2, 0) is 0 Å². The standard InChI is InChI=1S/C11H10ClNOS/c1-7-8(3-5-15-7)11(14)9-2-4-13-6-10(9)12/h2-6,11,14H,1H3. The fourth-order valence-corrected chi connectivity index (χ4v) is 2.41. The van der Waals surface area contributed by atoms with Crippen LogP contribution in [0, 0.1) is 6.92 Å². The van der Waals surface area contributed by atoms with Gasteiger partial charge in [-0.3, -0.25) is 4.98 Å². The highest BCUT2D eigenvalue weighted by Gasteiger charge is 2.16. The minimum absolute atomic E-state index is 0.496. The molecule has 1 unspecified atom stereocenters. The summed E-state index contributed by atoms with van der Waals surface area (Å²) in [5.41, 5.74) is 1.61. The van der Waals surface area contributed by atoms with Gasteiger partial charge >= 0.3 is 0 Å². The number of rotatable bonds is 2. The van der Waals surface area contributed by atoms with E-state index < -0.39 is 6.10 Å². The number of thiophene rings is 1. The van der Waals surface area contributed by atoms with Crippen molar-refractivity contribution in [2.24, 2.45) is 0 Å². The van der Waals surface area contributed by atoms with Crippen LogP contribution < -0.4 is 0 Å². The van der Waals surface area contributed by atoms with Gasteiger partial charge in [0.25, 0.3) is 0 Å². The Kier molecular flexibility index (Phi) is 3.05. The van der Waals surface area contributed by atoms with Gasteiger partial charge in [0.2, 0.25) is 0 Å². The number of pyridine rings is 1. The van der Waals surface area contributed by atoms with E-state index in [1.807, 2.05) is 18.4 Å². The van der Waals surface area contributed by atoms with Crippen LogP contribution in [0.5, 0.6) is 0 Å². The predicted molar refractivity (Wildman–Crippen MR) is 62.4 cm³/mol. The monoisotopic (exact) mass is 239 g/mol. The number of nitrogens with zero attached hydrogens (tertiary/aromatic N) is 1. The van der Waals surface area contributed by atoms with Crippen molar-refractivity contribution < 1.29 is 5.11 Å². The van der Waals surface area contributed by atoms with Crippen molar-refractivity contribution >= 4 is 22.9 Å². The molecule has 0 saturated carbocycles. The Balaban J connectivity index is 2.41. The molecule has 2 rings (SSSR count). The first-order chi connectivity index (χ1) is 7.20. The van der Waals surface area contributed by atoms with Crippen molar-refractivity contribution in [3.63, 3.8) is 0 Å². The zero-order valence-corrected chi connectivity index (χ0v) is 9.72. The van der Waals surface area contributed by atoms with E-state index in [4.69, 9.17) is 11.6 Å². The maximum absolute atomic E-state index is 10.1. The highest BCUT2D eigenvalue weighted by atomic mass is 35.5. The molecule has 2 heterocycles. The van der Waals surface area contributed by atoms with Crippen molar-refractivity contribution in [3.8, 4) is 0 Å². The summed E-state index contributed by atoms with van der Waals surface area (Å²) in [4.78, 5) is 5.00. The molecule has 0 radical (unpaired) electrons. The van der Waals surface area contributed by atoms with E-state index in [1.54, 1.807) is 29.8 Å². The fraction of sp³-hybridized carbons (Fsp3) is 0.182. The van der Waals surface area contributed by atoms with Gasteiger partial charge < -0.3 is 5.11 Å². The molecule has 0 amide bonds. The molecule has 0 aromatic carbocycles. The lowest BCUT2D eigenvalue weighted by Crippen LogP contribution is -2.00. The largest absolute Gasteiger partial charge is 0.384 e. The second-order valence-electron chi connectivity index (χ2n) is 3.23. The summed E-state index contributed by atoms with van der Waals surface area (Å²) in [5, 5.41) is 12.6. The van der Waals surface area contributed by atoms with Gasteiger partial charge in [0.05, 0.1) is 5.02 Å². The maximum atomic E-state index is 10.1. The zero-order chi connectivity index (χ0) is 10.8. The Morgan fingerprint density at radius 3 is 2.80 bits per heavy atom. The summed E-state index contributed by atoms with van der Waals surface area (Å²) >= 11 is 7.58. The molecule has 0 aliphatic carbocycles. The van der Waals surface area contributed by atoms with Gasteiger partial charge in [0.15, 0.2) is 0 Å². The van der Waals surface area contributed by atoms with E-state index in [9.17, 15) is 5.11 Å². The SMILES string of the molecule is Cc1sccc1C(O)c1ccncc1Cl. The molecule has 0 fully saturated rings. The smallest absolute Gasteiger partial charge is 0.107 e. The Labute approximate surface area is 97.2 Å². The van der Waals surface area contributed by atoms with Gasteiger partial charge in [0, 0.05) is 22.8 Å². The highest BCUT2D eigenvalue weighted by molar-refractivity contribution is 7.10. The van der Waals surface area contributed by atoms with Gasteiger partial charge in [-0.1, -0.05) is 11.6 Å². The number of halogens is 1. The van der Waals surface area contributed by atoms with Crippen LogP contribution in [0.25, 0.3) is 0 Å². The fourth-order valence-electron chi connectivity index (χ4n) is 1.45. The molecule has 2 aromatic heterocycles. The second kappa shape index (κ2) is 4.31. The molecule has 15 heavy (non-hydrogen) atoms. The van der Waals surface area contributed by atoms with E-state index in [2.05, 4.69) is 4.98 Å². The Hall–Kier alpha value is -0.900. The minimum Gasteiger partial charge on any atom is -0.384 e. The third-order valence-corrected chi connectivity index (χ3v) is 3.47. The quantitative estimate of drug-likeness (QED) is 0.873. The molecule has 0 bridgehead atoms. The number of aliphatic hydroxyl groups is 1. The van der Waals surface area contributed by atoms with Crippen molar-refractivity contribution in [3.05, 3.63) is 50.9 Å². The molecule has 0 spiro atoms. The molecule has 2 nitrogen and oxygen atoms in total. The topological polar surface area (TPSA) is 33.1 Å². The lowest BCUT2D eigenvalue weighted by atomic mass is 10.0. The predicted octanol–water partition coefficient (Wildman–Crippen LogP) is 3.19. The van der Waals surface area contributed by atoms with Crippen LogP contribution in [0.4, 0.5) is 0 Å². The van der Waals surface area contributed by atoms with Crippen molar-refractivity contribution in [1.29, 1.82) is 0 Å². The maximum Gasteiger partial charge on any atom is 0.107 e. The molecule has 0 saturated heterocycles. The van der Waals surface area contributed by atoms with Crippen LogP contribution in [0.1, 0.15) is 22.1 Å². The Morgan fingerprint density at radius 2 is 2.20 bits per heavy atom. The second-order valence-corrected chi connectivity index (χ2v) is 4.76. The van der Waals surface area contributed by atoms with Crippen LogP contribution in [0.2, 0.25) is 5.02 Å². The molecule has 78 valence electrons. The van der Waals surface area contributed by atoms with Gasteiger partial charge in [-0.15, -0.1) is 11.3 Å². The molecule has 1 N–H and O–H groups in total. The number of aliphatic hydroxyl groups excluding tert-OH is 1. The number of aromatic nitrogens is 1. The highest BCUT2D eigenvalue weighted by Crippen LogP contribution is 2.31. The molecule has 4 heteroatoms. The Morgan fingerprint density at radius 1 is 1.40 bits per heavy atom. The first-order valence-corrected chi connectivity index (χ1v) is 5.77. The van der Waals surface area contributed by atoms with Crippen LogP contribution in [0.3, 0.4) is 0 Å².